The number of thiazole rings is 1. The Balaban J connectivity index is 1.36. The Morgan fingerprint density at radius 3 is 2.34 bits per heavy atom. The van der Waals surface area contributed by atoms with Crippen LogP contribution in [0.15, 0.2) is 42.5 Å². The van der Waals surface area contributed by atoms with Crippen molar-refractivity contribution in [3.05, 3.63) is 53.6 Å². The number of para-hydroxylation sites is 1. The van der Waals surface area contributed by atoms with Crippen LogP contribution in [0.5, 0.6) is 0 Å². The van der Waals surface area contributed by atoms with E-state index >= 15 is 0 Å². The fourth-order valence-corrected chi connectivity index (χ4v) is 4.66. The first-order valence-corrected chi connectivity index (χ1v) is 10.9. The number of anilines is 2. The molecule has 1 N–H and O–H groups in total. The first-order chi connectivity index (χ1) is 13.8. The van der Waals surface area contributed by atoms with E-state index in [1.54, 1.807) is 11.3 Å². The second kappa shape index (κ2) is 7.67. The van der Waals surface area contributed by atoms with Crippen molar-refractivity contribution in [3.63, 3.8) is 0 Å². The van der Waals surface area contributed by atoms with Gasteiger partial charge in [-0.3, -0.25) is 0 Å². The van der Waals surface area contributed by atoms with Gasteiger partial charge < -0.3 is 15.1 Å². The van der Waals surface area contributed by atoms with Crippen molar-refractivity contribution in [3.8, 4) is 0 Å². The molecular weight excluding hydrogens is 380 g/mol. The number of hydrogen-bond acceptors (Lipinski definition) is 4. The minimum atomic E-state index is -0.0340. The summed E-state index contributed by atoms with van der Waals surface area (Å²) in [5.41, 5.74) is 4.51. The van der Waals surface area contributed by atoms with E-state index in [9.17, 15) is 4.79 Å². The number of fused-ring (bicyclic) bond motifs is 1. The molecule has 1 aromatic heterocycles. The van der Waals surface area contributed by atoms with E-state index in [4.69, 9.17) is 4.98 Å². The van der Waals surface area contributed by atoms with Crippen LogP contribution < -0.4 is 10.2 Å². The summed E-state index contributed by atoms with van der Waals surface area (Å²) >= 11 is 1.73. The fourth-order valence-electron chi connectivity index (χ4n) is 3.57. The van der Waals surface area contributed by atoms with Crippen LogP contribution in [0.4, 0.5) is 15.6 Å². The van der Waals surface area contributed by atoms with E-state index in [0.29, 0.717) is 13.1 Å². The van der Waals surface area contributed by atoms with Gasteiger partial charge in [0.15, 0.2) is 5.13 Å². The first kappa shape index (κ1) is 19.7. The molecule has 0 atom stereocenters. The Hall–Kier alpha value is -2.60. The fraction of sp³-hybridized carbons (Fsp3) is 0.391. The maximum atomic E-state index is 12.7. The largest absolute Gasteiger partial charge is 0.345 e. The summed E-state index contributed by atoms with van der Waals surface area (Å²) in [6.45, 7) is 11.7. The van der Waals surface area contributed by atoms with Crippen molar-refractivity contribution < 1.29 is 4.79 Å². The molecule has 5 nitrogen and oxygen atoms in total. The number of benzene rings is 2. The molecule has 2 aromatic carbocycles. The van der Waals surface area contributed by atoms with Crippen LogP contribution in [0, 0.1) is 6.92 Å². The second-order valence-corrected chi connectivity index (χ2v) is 9.66. The molecule has 3 aromatic rings. The zero-order chi connectivity index (χ0) is 20.6. The van der Waals surface area contributed by atoms with Crippen LogP contribution in [0.25, 0.3) is 10.2 Å². The quantitative estimate of drug-likeness (QED) is 0.629. The van der Waals surface area contributed by atoms with E-state index in [1.807, 2.05) is 17.0 Å². The normalized spacial score (nSPS) is 15.0. The average Bonchev–Trinajstić information content (AvgIpc) is 3.14. The third-order valence-corrected chi connectivity index (χ3v) is 6.53. The van der Waals surface area contributed by atoms with Gasteiger partial charge in [0.1, 0.15) is 0 Å². The summed E-state index contributed by atoms with van der Waals surface area (Å²) in [6, 6.07) is 14.4. The number of hydrogen-bond donors (Lipinski definition) is 1. The molecular formula is C23H28N4OS. The molecule has 1 aliphatic heterocycles. The Labute approximate surface area is 176 Å². The topological polar surface area (TPSA) is 48.5 Å². The molecule has 0 spiro atoms. The summed E-state index contributed by atoms with van der Waals surface area (Å²) in [5, 5.41) is 4.08. The van der Waals surface area contributed by atoms with E-state index in [-0.39, 0.29) is 11.4 Å². The number of nitrogens with zero attached hydrogens (tertiary/aromatic N) is 3. The molecule has 6 heteroatoms. The van der Waals surface area contributed by atoms with Crippen LogP contribution in [0.3, 0.4) is 0 Å². The van der Waals surface area contributed by atoms with Gasteiger partial charge in [0, 0.05) is 31.9 Å². The average molecular weight is 409 g/mol. The van der Waals surface area contributed by atoms with Crippen LogP contribution in [-0.2, 0) is 5.41 Å². The number of carbonyl (C=O) groups is 1. The number of aryl methyl sites for hydroxylation is 1. The monoisotopic (exact) mass is 408 g/mol. The molecule has 1 fully saturated rings. The van der Waals surface area contributed by atoms with Gasteiger partial charge in [-0.05, 0) is 41.7 Å². The predicted octanol–water partition coefficient (Wildman–Crippen LogP) is 5.26. The van der Waals surface area contributed by atoms with Crippen molar-refractivity contribution in [2.75, 3.05) is 36.4 Å². The SMILES string of the molecule is Cc1cccc2sc(N3CCN(C(=O)Nc4ccc(C(C)(C)C)cc4)CC3)nc12. The number of carbonyl (C=O) groups excluding carboxylic acids is 1. The molecule has 0 radical (unpaired) electrons. The van der Waals surface area contributed by atoms with Gasteiger partial charge in [-0.1, -0.05) is 56.4 Å². The van der Waals surface area contributed by atoms with Gasteiger partial charge in [-0.2, -0.15) is 0 Å². The molecule has 0 bridgehead atoms. The van der Waals surface area contributed by atoms with Gasteiger partial charge in [-0.25, -0.2) is 9.78 Å². The first-order valence-electron chi connectivity index (χ1n) is 10.1. The molecule has 4 rings (SSSR count). The smallest absolute Gasteiger partial charge is 0.321 e. The number of rotatable bonds is 2. The maximum Gasteiger partial charge on any atom is 0.321 e. The molecule has 2 heterocycles. The highest BCUT2D eigenvalue weighted by atomic mass is 32.1. The van der Waals surface area contributed by atoms with E-state index in [1.165, 1.54) is 15.8 Å². The van der Waals surface area contributed by atoms with Crippen LogP contribution in [0.2, 0.25) is 0 Å². The number of amides is 2. The third kappa shape index (κ3) is 4.22. The van der Waals surface area contributed by atoms with Crippen molar-refractivity contribution in [1.82, 2.24) is 9.88 Å². The Morgan fingerprint density at radius 1 is 1.03 bits per heavy atom. The minimum Gasteiger partial charge on any atom is -0.345 e. The Kier molecular flexibility index (Phi) is 5.21. The standard InChI is InChI=1S/C23H28N4OS/c1-16-6-5-7-19-20(16)25-22(29-19)27-14-12-26(13-15-27)21(28)24-18-10-8-17(9-11-18)23(2,3)4/h5-11H,12-15H2,1-4H3,(H,24,28). The summed E-state index contributed by atoms with van der Waals surface area (Å²) in [5.74, 6) is 0. The minimum absolute atomic E-state index is 0.0340. The number of piperazine rings is 1. The Morgan fingerprint density at radius 2 is 1.72 bits per heavy atom. The van der Waals surface area contributed by atoms with E-state index < -0.39 is 0 Å². The number of aromatic nitrogens is 1. The van der Waals surface area contributed by atoms with Crippen molar-refractivity contribution >= 4 is 38.4 Å². The van der Waals surface area contributed by atoms with Crippen LogP contribution in [0.1, 0.15) is 31.9 Å². The molecule has 2 amide bonds. The number of urea groups is 1. The molecule has 1 saturated heterocycles. The highest BCUT2D eigenvalue weighted by molar-refractivity contribution is 7.22. The van der Waals surface area contributed by atoms with Gasteiger partial charge in [0.05, 0.1) is 10.2 Å². The lowest BCUT2D eigenvalue weighted by atomic mass is 9.87. The lowest BCUT2D eigenvalue weighted by Crippen LogP contribution is -2.50. The van der Waals surface area contributed by atoms with Gasteiger partial charge in [0.2, 0.25) is 0 Å². The third-order valence-electron chi connectivity index (χ3n) is 5.45. The summed E-state index contributed by atoms with van der Waals surface area (Å²) < 4.78 is 1.22. The van der Waals surface area contributed by atoms with Crippen LogP contribution >= 0.6 is 11.3 Å². The van der Waals surface area contributed by atoms with Crippen molar-refractivity contribution in [1.29, 1.82) is 0 Å². The zero-order valence-corrected chi connectivity index (χ0v) is 18.3. The summed E-state index contributed by atoms with van der Waals surface area (Å²) in [6.07, 6.45) is 0. The van der Waals surface area contributed by atoms with Crippen LogP contribution in [-0.4, -0.2) is 42.1 Å². The van der Waals surface area contributed by atoms with Crippen molar-refractivity contribution in [2.45, 2.75) is 33.1 Å². The predicted molar refractivity (Wildman–Crippen MR) is 122 cm³/mol. The van der Waals surface area contributed by atoms with E-state index in [0.717, 1.165) is 29.4 Å². The summed E-state index contributed by atoms with van der Waals surface area (Å²) in [4.78, 5) is 21.7. The maximum absolute atomic E-state index is 12.7. The number of nitrogens with one attached hydrogen (secondary N) is 1. The highest BCUT2D eigenvalue weighted by Gasteiger charge is 2.23. The molecule has 0 saturated carbocycles. The molecule has 0 unspecified atom stereocenters. The zero-order valence-electron chi connectivity index (χ0n) is 17.5. The molecule has 1 aliphatic rings. The van der Waals surface area contributed by atoms with Gasteiger partial charge >= 0.3 is 6.03 Å². The molecule has 152 valence electrons. The van der Waals surface area contributed by atoms with Crippen molar-refractivity contribution in [2.24, 2.45) is 0 Å². The molecule has 29 heavy (non-hydrogen) atoms. The lowest BCUT2D eigenvalue weighted by Gasteiger charge is -2.34. The molecule has 0 aliphatic carbocycles. The van der Waals surface area contributed by atoms with Gasteiger partial charge in [0.25, 0.3) is 0 Å². The van der Waals surface area contributed by atoms with Gasteiger partial charge in [-0.15, -0.1) is 0 Å². The van der Waals surface area contributed by atoms with E-state index in [2.05, 4.69) is 68.2 Å². The summed E-state index contributed by atoms with van der Waals surface area (Å²) in [7, 11) is 0. The second-order valence-electron chi connectivity index (χ2n) is 8.65. The Bertz CT molecular complexity index is 1010. The highest BCUT2D eigenvalue weighted by Crippen LogP contribution is 2.31. The lowest BCUT2D eigenvalue weighted by molar-refractivity contribution is 0.208.